The van der Waals surface area contributed by atoms with Crippen molar-refractivity contribution in [2.75, 3.05) is 25.1 Å². The number of para-hydroxylation sites is 1. The Hall–Kier alpha value is -2.74. The first-order chi connectivity index (χ1) is 14.2. The van der Waals surface area contributed by atoms with Gasteiger partial charge < -0.3 is 14.1 Å². The predicted octanol–water partition coefficient (Wildman–Crippen LogP) is 4.24. The lowest BCUT2D eigenvalue weighted by atomic mass is 10.1. The maximum atomic E-state index is 11.8. The van der Waals surface area contributed by atoms with Crippen LogP contribution >= 0.6 is 11.8 Å². The standard InChI is InChI=1S/C21H24N4O3S/c1-15-18(19(26)27-2)13-17(28-15)14-29-21-23-22-20(24-11-7-4-8-12-24)25(21)16-9-5-3-6-10-16/h3,5-6,9-10,13H,4,7-8,11-12,14H2,1-2H3. The minimum absolute atomic E-state index is 0.387. The SMILES string of the molecule is COC(=O)c1cc(CSc2nnc(N3CCCCC3)n2-c2ccccc2)oc1C. The van der Waals surface area contributed by atoms with Crippen molar-refractivity contribution in [1.82, 2.24) is 14.8 Å². The fraction of sp³-hybridized carbons (Fsp3) is 0.381. The number of carbonyl (C=O) groups is 1. The van der Waals surface area contributed by atoms with Crippen LogP contribution in [0, 0.1) is 6.92 Å². The summed E-state index contributed by atoms with van der Waals surface area (Å²) in [7, 11) is 1.37. The highest BCUT2D eigenvalue weighted by Crippen LogP contribution is 2.31. The number of esters is 1. The molecule has 0 amide bonds. The van der Waals surface area contributed by atoms with E-state index in [-0.39, 0.29) is 5.97 Å². The summed E-state index contributed by atoms with van der Waals surface area (Å²) < 4.78 is 12.6. The lowest BCUT2D eigenvalue weighted by Crippen LogP contribution is -2.31. The molecule has 4 rings (SSSR count). The van der Waals surface area contributed by atoms with E-state index in [0.717, 1.165) is 29.9 Å². The zero-order valence-electron chi connectivity index (χ0n) is 16.6. The van der Waals surface area contributed by atoms with Crippen LogP contribution in [-0.4, -0.2) is 40.9 Å². The van der Waals surface area contributed by atoms with Gasteiger partial charge in [0.1, 0.15) is 17.1 Å². The third kappa shape index (κ3) is 4.17. The van der Waals surface area contributed by atoms with Gasteiger partial charge in [0.2, 0.25) is 5.95 Å². The van der Waals surface area contributed by atoms with Crippen molar-refractivity contribution in [3.8, 4) is 5.69 Å². The molecule has 3 aromatic rings. The number of aryl methyl sites for hydroxylation is 1. The Bertz CT molecular complexity index is 977. The highest BCUT2D eigenvalue weighted by Gasteiger charge is 2.22. The second kappa shape index (κ2) is 8.73. The number of ether oxygens (including phenoxy) is 1. The molecule has 1 fully saturated rings. The van der Waals surface area contributed by atoms with Crippen molar-refractivity contribution >= 4 is 23.7 Å². The molecule has 0 radical (unpaired) electrons. The van der Waals surface area contributed by atoms with E-state index in [1.165, 1.54) is 38.1 Å². The number of furan rings is 1. The molecule has 0 N–H and O–H groups in total. The number of anilines is 1. The van der Waals surface area contributed by atoms with Crippen LogP contribution in [-0.2, 0) is 10.5 Å². The Morgan fingerprint density at radius 2 is 1.93 bits per heavy atom. The zero-order chi connectivity index (χ0) is 20.2. The summed E-state index contributed by atoms with van der Waals surface area (Å²) in [5.74, 6) is 2.30. The van der Waals surface area contributed by atoms with Gasteiger partial charge in [0.25, 0.3) is 0 Å². The van der Waals surface area contributed by atoms with Gasteiger partial charge in [-0.2, -0.15) is 0 Å². The normalized spacial score (nSPS) is 14.2. The molecule has 0 saturated carbocycles. The molecule has 0 bridgehead atoms. The number of aromatic nitrogens is 3. The third-order valence-electron chi connectivity index (χ3n) is 4.99. The van der Waals surface area contributed by atoms with Crippen LogP contribution in [0.4, 0.5) is 5.95 Å². The van der Waals surface area contributed by atoms with Gasteiger partial charge in [-0.25, -0.2) is 4.79 Å². The lowest BCUT2D eigenvalue weighted by Gasteiger charge is -2.27. The number of piperidine rings is 1. The lowest BCUT2D eigenvalue weighted by molar-refractivity contribution is 0.0599. The number of thioether (sulfide) groups is 1. The summed E-state index contributed by atoms with van der Waals surface area (Å²) in [6.45, 7) is 3.76. The molecule has 29 heavy (non-hydrogen) atoms. The van der Waals surface area contributed by atoms with Gasteiger partial charge in [0.15, 0.2) is 5.16 Å². The summed E-state index contributed by atoms with van der Waals surface area (Å²) in [5.41, 5.74) is 1.49. The maximum absolute atomic E-state index is 11.8. The average Bonchev–Trinajstić information content (AvgIpc) is 3.36. The number of methoxy groups -OCH3 is 1. The van der Waals surface area contributed by atoms with Crippen LogP contribution in [0.15, 0.2) is 46.0 Å². The van der Waals surface area contributed by atoms with E-state index >= 15 is 0 Å². The van der Waals surface area contributed by atoms with Crippen LogP contribution in [0.2, 0.25) is 0 Å². The van der Waals surface area contributed by atoms with E-state index in [1.54, 1.807) is 13.0 Å². The number of rotatable bonds is 6. The van der Waals surface area contributed by atoms with E-state index < -0.39 is 0 Å². The molecule has 1 saturated heterocycles. The molecule has 1 aromatic carbocycles. The van der Waals surface area contributed by atoms with Gasteiger partial charge in [0, 0.05) is 13.1 Å². The summed E-state index contributed by atoms with van der Waals surface area (Å²) in [6.07, 6.45) is 3.61. The highest BCUT2D eigenvalue weighted by molar-refractivity contribution is 7.98. The van der Waals surface area contributed by atoms with Crippen molar-refractivity contribution in [2.45, 2.75) is 37.1 Å². The average molecular weight is 413 g/mol. The van der Waals surface area contributed by atoms with E-state index in [9.17, 15) is 4.79 Å². The second-order valence-corrected chi connectivity index (χ2v) is 7.91. The van der Waals surface area contributed by atoms with Crippen molar-refractivity contribution in [3.05, 3.63) is 53.5 Å². The van der Waals surface area contributed by atoms with Crippen molar-refractivity contribution in [1.29, 1.82) is 0 Å². The van der Waals surface area contributed by atoms with E-state index in [1.807, 2.05) is 18.2 Å². The number of hydrogen-bond donors (Lipinski definition) is 0. The summed E-state index contributed by atoms with van der Waals surface area (Å²) >= 11 is 1.54. The first kappa shape index (κ1) is 19.6. The molecule has 8 heteroatoms. The number of nitrogens with zero attached hydrogens (tertiary/aromatic N) is 4. The fourth-order valence-corrected chi connectivity index (χ4v) is 4.35. The van der Waals surface area contributed by atoms with E-state index in [4.69, 9.17) is 9.15 Å². The fourth-order valence-electron chi connectivity index (χ4n) is 3.52. The molecule has 0 unspecified atom stereocenters. The van der Waals surface area contributed by atoms with Crippen LogP contribution in [0.5, 0.6) is 0 Å². The first-order valence-corrected chi connectivity index (χ1v) is 10.7. The zero-order valence-corrected chi connectivity index (χ0v) is 17.4. The first-order valence-electron chi connectivity index (χ1n) is 9.73. The van der Waals surface area contributed by atoms with Gasteiger partial charge >= 0.3 is 5.97 Å². The molecule has 2 aromatic heterocycles. The van der Waals surface area contributed by atoms with Crippen LogP contribution in [0.3, 0.4) is 0 Å². The molecule has 3 heterocycles. The molecule has 0 atom stereocenters. The van der Waals surface area contributed by atoms with Crippen molar-refractivity contribution < 1.29 is 13.9 Å². The Morgan fingerprint density at radius 3 is 2.66 bits per heavy atom. The third-order valence-corrected chi connectivity index (χ3v) is 5.94. The van der Waals surface area contributed by atoms with Crippen molar-refractivity contribution in [2.24, 2.45) is 0 Å². The van der Waals surface area contributed by atoms with Gasteiger partial charge in [-0.1, -0.05) is 30.0 Å². The Morgan fingerprint density at radius 1 is 1.17 bits per heavy atom. The summed E-state index contributed by atoms with van der Waals surface area (Å²) in [5, 5.41) is 9.77. The highest BCUT2D eigenvalue weighted by atomic mass is 32.2. The van der Waals surface area contributed by atoms with E-state index in [0.29, 0.717) is 22.8 Å². The molecule has 1 aliphatic rings. The Labute approximate surface area is 174 Å². The summed E-state index contributed by atoms with van der Waals surface area (Å²) in [4.78, 5) is 14.1. The van der Waals surface area contributed by atoms with Gasteiger partial charge in [0.05, 0.1) is 18.6 Å². The van der Waals surface area contributed by atoms with Gasteiger partial charge in [-0.15, -0.1) is 10.2 Å². The molecule has 0 aliphatic carbocycles. The number of benzene rings is 1. The minimum atomic E-state index is -0.387. The predicted molar refractivity (Wildman–Crippen MR) is 112 cm³/mol. The van der Waals surface area contributed by atoms with Crippen LogP contribution < -0.4 is 4.90 Å². The molecule has 0 spiro atoms. The molecule has 7 nitrogen and oxygen atoms in total. The smallest absolute Gasteiger partial charge is 0.341 e. The quantitative estimate of drug-likeness (QED) is 0.443. The number of hydrogen-bond acceptors (Lipinski definition) is 7. The van der Waals surface area contributed by atoms with Gasteiger partial charge in [-0.05, 0) is 44.4 Å². The number of carbonyl (C=O) groups excluding carboxylic acids is 1. The van der Waals surface area contributed by atoms with E-state index in [2.05, 4.69) is 31.8 Å². The van der Waals surface area contributed by atoms with Crippen LogP contribution in [0.1, 0.15) is 41.1 Å². The van der Waals surface area contributed by atoms with Gasteiger partial charge in [-0.3, -0.25) is 4.57 Å². The van der Waals surface area contributed by atoms with Crippen molar-refractivity contribution in [3.63, 3.8) is 0 Å². The topological polar surface area (TPSA) is 73.4 Å². The largest absolute Gasteiger partial charge is 0.465 e. The Balaban J connectivity index is 1.60. The summed E-state index contributed by atoms with van der Waals surface area (Å²) in [6, 6.07) is 11.9. The Kier molecular flexibility index (Phi) is 5.89. The minimum Gasteiger partial charge on any atom is -0.465 e. The maximum Gasteiger partial charge on any atom is 0.341 e. The molecular formula is C21H24N4O3S. The molecule has 152 valence electrons. The molecule has 1 aliphatic heterocycles. The second-order valence-electron chi connectivity index (χ2n) is 6.96. The van der Waals surface area contributed by atoms with Crippen LogP contribution in [0.25, 0.3) is 5.69 Å². The molecular weight excluding hydrogens is 388 g/mol. The monoisotopic (exact) mass is 412 g/mol.